The monoisotopic (exact) mass is 526 g/mol. The Morgan fingerprint density at radius 3 is 2.56 bits per heavy atom. The molecule has 2 atom stereocenters. The SMILES string of the molecule is COc1ccc(CNc2ncnc3c2c(C)cn3C2CCC(CNCCCNCCc3ccccc3)C2)cc1. The van der Waals surface area contributed by atoms with Crippen LogP contribution in [0.3, 0.4) is 0 Å². The van der Waals surface area contributed by atoms with Gasteiger partial charge in [-0.15, -0.1) is 0 Å². The fourth-order valence-electron chi connectivity index (χ4n) is 5.74. The van der Waals surface area contributed by atoms with Crippen molar-refractivity contribution < 1.29 is 4.74 Å². The van der Waals surface area contributed by atoms with Crippen molar-refractivity contribution in [1.29, 1.82) is 0 Å². The predicted molar refractivity (Wildman–Crippen MR) is 159 cm³/mol. The number of fused-ring (bicyclic) bond motifs is 1. The molecule has 1 fully saturated rings. The van der Waals surface area contributed by atoms with Crippen molar-refractivity contribution in [2.45, 2.75) is 51.6 Å². The lowest BCUT2D eigenvalue weighted by Crippen LogP contribution is -2.26. The van der Waals surface area contributed by atoms with E-state index in [0.29, 0.717) is 18.5 Å². The summed E-state index contributed by atoms with van der Waals surface area (Å²) in [5.41, 5.74) is 4.86. The maximum absolute atomic E-state index is 5.27. The van der Waals surface area contributed by atoms with Gasteiger partial charge in [0, 0.05) is 18.8 Å². The van der Waals surface area contributed by atoms with Crippen LogP contribution in [0, 0.1) is 12.8 Å². The van der Waals surface area contributed by atoms with Gasteiger partial charge in [-0.2, -0.15) is 0 Å². The molecule has 2 aromatic carbocycles. The van der Waals surface area contributed by atoms with Crippen molar-refractivity contribution >= 4 is 16.9 Å². The quantitative estimate of drug-likeness (QED) is 0.188. The van der Waals surface area contributed by atoms with Gasteiger partial charge in [-0.3, -0.25) is 0 Å². The second-order valence-electron chi connectivity index (χ2n) is 10.7. The van der Waals surface area contributed by atoms with Crippen LogP contribution in [0.15, 0.2) is 67.1 Å². The second-order valence-corrected chi connectivity index (χ2v) is 10.7. The number of methoxy groups -OCH3 is 1. The number of aryl methyl sites for hydroxylation is 1. The molecule has 0 bridgehead atoms. The number of hydrogen-bond donors (Lipinski definition) is 3. The molecule has 5 rings (SSSR count). The van der Waals surface area contributed by atoms with Crippen molar-refractivity contribution in [3.8, 4) is 5.75 Å². The van der Waals surface area contributed by atoms with Crippen LogP contribution >= 0.6 is 0 Å². The molecule has 0 radical (unpaired) electrons. The minimum Gasteiger partial charge on any atom is -0.497 e. The summed E-state index contributed by atoms with van der Waals surface area (Å²) < 4.78 is 7.68. The second kappa shape index (κ2) is 13.6. The summed E-state index contributed by atoms with van der Waals surface area (Å²) in [5, 5.41) is 11.9. The Morgan fingerprint density at radius 1 is 0.923 bits per heavy atom. The maximum Gasteiger partial charge on any atom is 0.145 e. The van der Waals surface area contributed by atoms with E-state index in [1.54, 1.807) is 13.4 Å². The third-order valence-corrected chi connectivity index (χ3v) is 7.90. The number of nitrogens with zero attached hydrogens (tertiary/aromatic N) is 3. The Kier molecular flexibility index (Phi) is 9.46. The highest BCUT2D eigenvalue weighted by Gasteiger charge is 2.27. The smallest absolute Gasteiger partial charge is 0.145 e. The highest BCUT2D eigenvalue weighted by molar-refractivity contribution is 5.90. The topological polar surface area (TPSA) is 76.0 Å². The zero-order chi connectivity index (χ0) is 26.9. The third-order valence-electron chi connectivity index (χ3n) is 7.90. The Hall–Kier alpha value is -3.42. The molecule has 2 aromatic heterocycles. The fraction of sp³-hybridized carbons (Fsp3) is 0.438. The van der Waals surface area contributed by atoms with Gasteiger partial charge in [0.1, 0.15) is 23.5 Å². The molecule has 0 aliphatic heterocycles. The van der Waals surface area contributed by atoms with Crippen LogP contribution in [-0.2, 0) is 13.0 Å². The minimum absolute atomic E-state index is 0.497. The van der Waals surface area contributed by atoms with E-state index in [9.17, 15) is 0 Å². The summed E-state index contributed by atoms with van der Waals surface area (Å²) in [6.07, 6.45) is 9.89. The largest absolute Gasteiger partial charge is 0.497 e. The highest BCUT2D eigenvalue weighted by Crippen LogP contribution is 2.38. The average molecular weight is 527 g/mol. The normalized spacial score (nSPS) is 17.1. The molecule has 0 spiro atoms. The van der Waals surface area contributed by atoms with E-state index in [-0.39, 0.29) is 0 Å². The lowest BCUT2D eigenvalue weighted by Gasteiger charge is -2.15. The Labute approximate surface area is 232 Å². The average Bonchev–Trinajstić information content (AvgIpc) is 3.58. The molecule has 2 unspecified atom stereocenters. The maximum atomic E-state index is 5.27. The molecule has 7 nitrogen and oxygen atoms in total. The first kappa shape index (κ1) is 27.2. The van der Waals surface area contributed by atoms with Crippen LogP contribution in [-0.4, -0.2) is 47.8 Å². The van der Waals surface area contributed by atoms with E-state index in [1.165, 1.54) is 36.0 Å². The van der Waals surface area contributed by atoms with Crippen molar-refractivity contribution in [2.24, 2.45) is 5.92 Å². The number of rotatable bonds is 14. The van der Waals surface area contributed by atoms with Crippen molar-refractivity contribution in [3.63, 3.8) is 0 Å². The van der Waals surface area contributed by atoms with Gasteiger partial charge in [0.05, 0.1) is 12.5 Å². The van der Waals surface area contributed by atoms with E-state index < -0.39 is 0 Å². The van der Waals surface area contributed by atoms with Gasteiger partial charge in [0.15, 0.2) is 0 Å². The molecule has 206 valence electrons. The molecule has 1 aliphatic carbocycles. The molecule has 39 heavy (non-hydrogen) atoms. The first-order chi connectivity index (χ1) is 19.2. The summed E-state index contributed by atoms with van der Waals surface area (Å²) in [6.45, 7) is 7.16. The van der Waals surface area contributed by atoms with Crippen LogP contribution in [0.25, 0.3) is 11.0 Å². The van der Waals surface area contributed by atoms with Crippen LogP contribution in [0.4, 0.5) is 5.82 Å². The molecule has 0 saturated heterocycles. The first-order valence-electron chi connectivity index (χ1n) is 14.4. The zero-order valence-corrected chi connectivity index (χ0v) is 23.3. The van der Waals surface area contributed by atoms with E-state index in [2.05, 4.69) is 81.1 Å². The van der Waals surface area contributed by atoms with Gasteiger partial charge in [-0.25, -0.2) is 9.97 Å². The Bertz CT molecular complexity index is 1300. The zero-order valence-electron chi connectivity index (χ0n) is 23.3. The number of ether oxygens (including phenoxy) is 1. The standard InChI is InChI=1S/C32H42N6O/c1-24-22-38(32-30(24)31(36-23-37-32)35-21-26-10-13-29(39-2)14-11-26)28-12-9-27(19-28)20-34-17-6-16-33-18-15-25-7-4-3-5-8-25/h3-5,7-8,10-11,13-14,22-23,27-28,33-34H,6,9,12,15-21H2,1-2H3,(H,35,36,37). The number of aromatic nitrogens is 3. The van der Waals surface area contributed by atoms with Gasteiger partial charge >= 0.3 is 0 Å². The van der Waals surface area contributed by atoms with Gasteiger partial charge in [-0.1, -0.05) is 42.5 Å². The number of benzene rings is 2. The third kappa shape index (κ3) is 7.16. The van der Waals surface area contributed by atoms with Gasteiger partial charge in [0.2, 0.25) is 0 Å². The van der Waals surface area contributed by atoms with E-state index in [0.717, 1.165) is 61.6 Å². The highest BCUT2D eigenvalue weighted by atomic mass is 16.5. The summed E-state index contributed by atoms with van der Waals surface area (Å²) in [5.74, 6) is 2.49. The number of nitrogens with one attached hydrogen (secondary N) is 3. The van der Waals surface area contributed by atoms with Gasteiger partial charge < -0.3 is 25.3 Å². The van der Waals surface area contributed by atoms with E-state index in [4.69, 9.17) is 9.72 Å². The van der Waals surface area contributed by atoms with Crippen LogP contribution < -0.4 is 20.7 Å². The Morgan fingerprint density at radius 2 is 1.74 bits per heavy atom. The predicted octanol–water partition coefficient (Wildman–Crippen LogP) is 5.51. The number of hydrogen-bond acceptors (Lipinski definition) is 6. The van der Waals surface area contributed by atoms with Gasteiger partial charge in [0.25, 0.3) is 0 Å². The Balaban J connectivity index is 1.07. The molecule has 2 heterocycles. The summed E-state index contributed by atoms with van der Waals surface area (Å²) in [6, 6.07) is 19.3. The van der Waals surface area contributed by atoms with Crippen LogP contribution in [0.5, 0.6) is 5.75 Å². The molecule has 3 N–H and O–H groups in total. The number of anilines is 1. The molecule has 1 aliphatic rings. The molecule has 0 amide bonds. The molecular weight excluding hydrogens is 484 g/mol. The lowest BCUT2D eigenvalue weighted by atomic mass is 10.1. The van der Waals surface area contributed by atoms with E-state index in [1.807, 2.05) is 12.1 Å². The van der Waals surface area contributed by atoms with E-state index >= 15 is 0 Å². The van der Waals surface area contributed by atoms with Crippen molar-refractivity contribution in [3.05, 3.63) is 83.8 Å². The summed E-state index contributed by atoms with van der Waals surface area (Å²) in [4.78, 5) is 9.30. The summed E-state index contributed by atoms with van der Waals surface area (Å²) in [7, 11) is 1.69. The fourth-order valence-corrected chi connectivity index (χ4v) is 5.74. The lowest BCUT2D eigenvalue weighted by molar-refractivity contribution is 0.414. The molecule has 7 heteroatoms. The first-order valence-corrected chi connectivity index (χ1v) is 14.4. The molecule has 4 aromatic rings. The summed E-state index contributed by atoms with van der Waals surface area (Å²) >= 11 is 0. The van der Waals surface area contributed by atoms with Gasteiger partial charge in [-0.05, 0) is 99.9 Å². The van der Waals surface area contributed by atoms with Crippen molar-refractivity contribution in [2.75, 3.05) is 38.6 Å². The molecule has 1 saturated carbocycles. The van der Waals surface area contributed by atoms with Crippen molar-refractivity contribution in [1.82, 2.24) is 25.2 Å². The van der Waals surface area contributed by atoms with Crippen LogP contribution in [0.1, 0.15) is 48.4 Å². The minimum atomic E-state index is 0.497. The van der Waals surface area contributed by atoms with Crippen LogP contribution in [0.2, 0.25) is 0 Å². The molecular formula is C32H42N6O.